The number of nitrogens with zero attached hydrogens (tertiary/aromatic N) is 3. The van der Waals surface area contributed by atoms with Crippen LogP contribution in [0.25, 0.3) is 0 Å². The Hall–Kier alpha value is -1.69. The van der Waals surface area contributed by atoms with Gasteiger partial charge in [-0.25, -0.2) is 9.97 Å². The van der Waals surface area contributed by atoms with Crippen molar-refractivity contribution in [2.75, 3.05) is 31.7 Å². The van der Waals surface area contributed by atoms with Crippen LogP contribution < -0.4 is 4.90 Å². The summed E-state index contributed by atoms with van der Waals surface area (Å²) in [4.78, 5) is 22.8. The molecule has 0 amide bonds. The lowest BCUT2D eigenvalue weighted by Crippen LogP contribution is -2.48. The number of aromatic nitrogens is 2. The molecular weight excluding hydrogens is 294 g/mol. The number of methoxy groups -OCH3 is 1. The SMILES string of the molecule is COCCC[C@]1(C(=O)O)CCCN(c2cc(C3CC3)ncn2)C1. The Balaban J connectivity index is 1.75. The lowest BCUT2D eigenvalue weighted by atomic mass is 9.76. The van der Waals surface area contributed by atoms with E-state index in [1.165, 1.54) is 12.8 Å². The van der Waals surface area contributed by atoms with Gasteiger partial charge in [0.05, 0.1) is 5.41 Å². The minimum atomic E-state index is -0.699. The molecule has 6 nitrogen and oxygen atoms in total. The summed E-state index contributed by atoms with van der Waals surface area (Å²) in [5.74, 6) is 0.751. The maximum absolute atomic E-state index is 11.9. The van der Waals surface area contributed by atoms with Crippen LogP contribution in [0.2, 0.25) is 0 Å². The van der Waals surface area contributed by atoms with Crippen LogP contribution in [0.3, 0.4) is 0 Å². The molecule has 1 saturated heterocycles. The molecule has 6 heteroatoms. The molecule has 1 saturated carbocycles. The number of hydrogen-bond donors (Lipinski definition) is 1. The van der Waals surface area contributed by atoms with Crippen LogP contribution in [0, 0.1) is 5.41 Å². The van der Waals surface area contributed by atoms with Crippen molar-refractivity contribution in [2.45, 2.75) is 44.4 Å². The van der Waals surface area contributed by atoms with E-state index in [0.29, 0.717) is 25.5 Å². The predicted molar refractivity (Wildman–Crippen MR) is 86.6 cm³/mol. The average Bonchev–Trinajstić information content (AvgIpc) is 3.40. The molecule has 0 spiro atoms. The zero-order chi connectivity index (χ0) is 16.3. The van der Waals surface area contributed by atoms with Crippen molar-refractivity contribution in [1.29, 1.82) is 0 Å². The first kappa shape index (κ1) is 16.2. The summed E-state index contributed by atoms with van der Waals surface area (Å²) in [6.45, 7) is 1.99. The second-order valence-electron chi connectivity index (χ2n) is 6.78. The van der Waals surface area contributed by atoms with Gasteiger partial charge in [0.1, 0.15) is 12.1 Å². The Morgan fingerprint density at radius 3 is 3.00 bits per heavy atom. The Morgan fingerprint density at radius 1 is 1.48 bits per heavy atom. The number of hydrogen-bond acceptors (Lipinski definition) is 5. The quantitative estimate of drug-likeness (QED) is 0.778. The van der Waals surface area contributed by atoms with Crippen molar-refractivity contribution in [3.05, 3.63) is 18.1 Å². The van der Waals surface area contributed by atoms with Crippen molar-refractivity contribution >= 4 is 11.8 Å². The van der Waals surface area contributed by atoms with E-state index in [2.05, 4.69) is 14.9 Å². The fourth-order valence-corrected chi connectivity index (χ4v) is 3.50. The Kier molecular flexibility index (Phi) is 4.80. The predicted octanol–water partition coefficient (Wildman–Crippen LogP) is 2.45. The molecule has 3 rings (SSSR count). The molecule has 2 heterocycles. The third-order valence-electron chi connectivity index (χ3n) is 5.03. The van der Waals surface area contributed by atoms with Crippen LogP contribution in [0.4, 0.5) is 5.82 Å². The number of rotatable bonds is 7. The van der Waals surface area contributed by atoms with E-state index in [1.807, 2.05) is 6.07 Å². The Bertz CT molecular complexity index is 562. The topological polar surface area (TPSA) is 75.6 Å². The van der Waals surface area contributed by atoms with Gasteiger partial charge in [0, 0.05) is 44.5 Å². The van der Waals surface area contributed by atoms with Gasteiger partial charge in [-0.15, -0.1) is 0 Å². The summed E-state index contributed by atoms with van der Waals surface area (Å²) in [7, 11) is 1.65. The highest BCUT2D eigenvalue weighted by molar-refractivity contribution is 5.76. The largest absolute Gasteiger partial charge is 0.481 e. The van der Waals surface area contributed by atoms with Crippen molar-refractivity contribution < 1.29 is 14.6 Å². The van der Waals surface area contributed by atoms with Gasteiger partial charge < -0.3 is 14.7 Å². The van der Waals surface area contributed by atoms with Gasteiger partial charge in [-0.3, -0.25) is 4.79 Å². The molecule has 126 valence electrons. The lowest BCUT2D eigenvalue weighted by molar-refractivity contribution is -0.150. The summed E-state index contributed by atoms with van der Waals surface area (Å²) in [6, 6.07) is 2.05. The smallest absolute Gasteiger partial charge is 0.311 e. The molecule has 0 radical (unpaired) electrons. The fraction of sp³-hybridized carbons (Fsp3) is 0.706. The van der Waals surface area contributed by atoms with Gasteiger partial charge in [0.2, 0.25) is 0 Å². The zero-order valence-corrected chi connectivity index (χ0v) is 13.7. The number of carbonyl (C=O) groups is 1. The van der Waals surface area contributed by atoms with Crippen molar-refractivity contribution in [1.82, 2.24) is 9.97 Å². The normalized spacial score (nSPS) is 24.7. The van der Waals surface area contributed by atoms with Gasteiger partial charge in [0.15, 0.2) is 0 Å². The highest BCUT2D eigenvalue weighted by atomic mass is 16.5. The molecule has 0 unspecified atom stereocenters. The minimum Gasteiger partial charge on any atom is -0.481 e. The zero-order valence-electron chi connectivity index (χ0n) is 13.7. The van der Waals surface area contributed by atoms with E-state index in [-0.39, 0.29) is 0 Å². The number of carboxylic acids is 1. The molecule has 23 heavy (non-hydrogen) atoms. The van der Waals surface area contributed by atoms with E-state index in [0.717, 1.165) is 37.3 Å². The number of carboxylic acid groups (broad SMARTS) is 1. The maximum Gasteiger partial charge on any atom is 0.311 e. The van der Waals surface area contributed by atoms with Crippen molar-refractivity contribution in [3.63, 3.8) is 0 Å². The van der Waals surface area contributed by atoms with Crippen molar-refractivity contribution in [3.8, 4) is 0 Å². The van der Waals surface area contributed by atoms with E-state index in [1.54, 1.807) is 13.4 Å². The van der Waals surface area contributed by atoms with Gasteiger partial charge >= 0.3 is 5.97 Å². The van der Waals surface area contributed by atoms with E-state index in [9.17, 15) is 9.90 Å². The molecule has 2 fully saturated rings. The third kappa shape index (κ3) is 3.63. The van der Waals surface area contributed by atoms with Gasteiger partial charge in [-0.2, -0.15) is 0 Å². The second kappa shape index (κ2) is 6.83. The number of anilines is 1. The summed E-state index contributed by atoms with van der Waals surface area (Å²) in [5.41, 5.74) is 0.405. The molecule has 1 aliphatic heterocycles. The molecule has 1 aromatic heterocycles. The monoisotopic (exact) mass is 319 g/mol. The molecular formula is C17H25N3O3. The molecule has 1 aliphatic carbocycles. The minimum absolute atomic E-state index is 0.521. The number of piperidine rings is 1. The number of ether oxygens (including phenoxy) is 1. The van der Waals surface area contributed by atoms with Crippen LogP contribution in [0.15, 0.2) is 12.4 Å². The summed E-state index contributed by atoms with van der Waals surface area (Å²) in [5, 5.41) is 9.81. The highest BCUT2D eigenvalue weighted by Gasteiger charge is 2.42. The first-order valence-corrected chi connectivity index (χ1v) is 8.44. The molecule has 2 aliphatic rings. The Labute approximate surface area is 136 Å². The molecule has 0 aromatic carbocycles. The van der Waals surface area contributed by atoms with E-state index < -0.39 is 11.4 Å². The molecule has 1 atom stereocenters. The Morgan fingerprint density at radius 2 is 2.30 bits per heavy atom. The summed E-state index contributed by atoms with van der Waals surface area (Å²) in [6.07, 6.45) is 7.04. The standard InChI is InChI=1S/C17H25N3O3/c1-23-9-3-7-17(16(21)22)6-2-8-20(11-17)15-10-14(13-4-5-13)18-12-19-15/h10,12-13H,2-9,11H2,1H3,(H,21,22)/t17-/m1/s1. The second-order valence-corrected chi connectivity index (χ2v) is 6.78. The van der Waals surface area contributed by atoms with E-state index >= 15 is 0 Å². The molecule has 1 N–H and O–H groups in total. The summed E-state index contributed by atoms with van der Waals surface area (Å²) >= 11 is 0. The first-order valence-electron chi connectivity index (χ1n) is 8.44. The van der Waals surface area contributed by atoms with Crippen LogP contribution in [0.5, 0.6) is 0 Å². The van der Waals surface area contributed by atoms with Gasteiger partial charge in [-0.05, 0) is 38.5 Å². The molecule has 0 bridgehead atoms. The fourth-order valence-electron chi connectivity index (χ4n) is 3.50. The van der Waals surface area contributed by atoms with Crippen molar-refractivity contribution in [2.24, 2.45) is 5.41 Å². The van der Waals surface area contributed by atoms with E-state index in [4.69, 9.17) is 4.74 Å². The summed E-state index contributed by atoms with van der Waals surface area (Å²) < 4.78 is 5.09. The van der Waals surface area contributed by atoms with Crippen LogP contribution in [0.1, 0.15) is 50.1 Å². The lowest BCUT2D eigenvalue weighted by Gasteiger charge is -2.40. The van der Waals surface area contributed by atoms with Crippen LogP contribution in [-0.4, -0.2) is 47.8 Å². The van der Waals surface area contributed by atoms with Crippen LogP contribution in [-0.2, 0) is 9.53 Å². The maximum atomic E-state index is 11.9. The first-order chi connectivity index (χ1) is 11.1. The highest BCUT2D eigenvalue weighted by Crippen LogP contribution is 2.41. The third-order valence-corrected chi connectivity index (χ3v) is 5.03. The van der Waals surface area contributed by atoms with Crippen LogP contribution >= 0.6 is 0 Å². The molecule has 1 aromatic rings. The average molecular weight is 319 g/mol. The number of aliphatic carboxylic acids is 1. The van der Waals surface area contributed by atoms with Gasteiger partial charge in [-0.1, -0.05) is 0 Å². The van der Waals surface area contributed by atoms with Gasteiger partial charge in [0.25, 0.3) is 0 Å².